The molecule has 168 valence electrons. The van der Waals surface area contributed by atoms with Gasteiger partial charge in [-0.05, 0) is 37.1 Å². The predicted octanol–water partition coefficient (Wildman–Crippen LogP) is 2.94. The van der Waals surface area contributed by atoms with Crippen LogP contribution in [-0.4, -0.2) is 50.0 Å². The van der Waals surface area contributed by atoms with Crippen molar-refractivity contribution >= 4 is 38.9 Å². The van der Waals surface area contributed by atoms with Crippen molar-refractivity contribution in [2.75, 3.05) is 27.4 Å². The van der Waals surface area contributed by atoms with Crippen LogP contribution in [0.2, 0.25) is 0 Å². The second-order valence-corrected chi connectivity index (χ2v) is 7.73. The van der Waals surface area contributed by atoms with E-state index in [2.05, 4.69) is 15.8 Å². The van der Waals surface area contributed by atoms with E-state index in [1.165, 1.54) is 14.2 Å². The third-order valence-corrected chi connectivity index (χ3v) is 5.70. The maximum Gasteiger partial charge on any atom is 0.259 e. The van der Waals surface area contributed by atoms with E-state index in [0.717, 1.165) is 15.6 Å². The van der Waals surface area contributed by atoms with E-state index in [1.54, 1.807) is 29.5 Å². The second kappa shape index (κ2) is 11.3. The Morgan fingerprint density at radius 3 is 2.62 bits per heavy atom. The highest BCUT2D eigenvalue weighted by Gasteiger charge is 2.13. The van der Waals surface area contributed by atoms with E-state index in [9.17, 15) is 14.7 Å². The van der Waals surface area contributed by atoms with E-state index in [1.807, 2.05) is 29.6 Å². The van der Waals surface area contributed by atoms with Gasteiger partial charge in [-0.2, -0.15) is 5.10 Å². The van der Waals surface area contributed by atoms with E-state index in [-0.39, 0.29) is 13.2 Å². The van der Waals surface area contributed by atoms with Crippen molar-refractivity contribution in [2.24, 2.45) is 5.10 Å². The molecule has 0 unspecified atom stereocenters. The number of fused-ring (bicyclic) bond motifs is 1. The SMILES string of the molecule is COc1ccc(C(=O)NCC(=O)N/N=C(\CCCO)c2csc3ccccc23)cc1OC. The Morgan fingerprint density at radius 1 is 1.09 bits per heavy atom. The molecule has 0 aliphatic heterocycles. The Morgan fingerprint density at radius 2 is 1.88 bits per heavy atom. The zero-order valence-electron chi connectivity index (χ0n) is 17.9. The van der Waals surface area contributed by atoms with E-state index in [4.69, 9.17) is 9.47 Å². The van der Waals surface area contributed by atoms with Gasteiger partial charge in [0.1, 0.15) is 0 Å². The number of methoxy groups -OCH3 is 2. The highest BCUT2D eigenvalue weighted by Crippen LogP contribution is 2.28. The summed E-state index contributed by atoms with van der Waals surface area (Å²) in [5.41, 5.74) is 4.45. The summed E-state index contributed by atoms with van der Waals surface area (Å²) in [6.07, 6.45) is 1.03. The van der Waals surface area contributed by atoms with Gasteiger partial charge in [-0.3, -0.25) is 9.59 Å². The van der Waals surface area contributed by atoms with Gasteiger partial charge in [-0.1, -0.05) is 18.2 Å². The molecule has 0 aliphatic rings. The molecule has 0 saturated carbocycles. The average molecular weight is 456 g/mol. The molecule has 32 heavy (non-hydrogen) atoms. The number of hydrogen-bond acceptors (Lipinski definition) is 7. The standard InChI is InChI=1S/C23H25N3O5S/c1-30-19-10-9-15(12-20(19)31-2)23(29)24-13-22(28)26-25-18(7-5-11-27)17-14-32-21-8-4-3-6-16(17)21/h3-4,6,8-10,12,14,27H,5,7,11,13H2,1-2H3,(H,24,29)(H,26,28)/b25-18+. The van der Waals surface area contributed by atoms with E-state index < -0.39 is 11.8 Å². The van der Waals surface area contributed by atoms with Gasteiger partial charge in [-0.25, -0.2) is 5.43 Å². The molecule has 0 fully saturated rings. The van der Waals surface area contributed by atoms with Gasteiger partial charge in [0.2, 0.25) is 0 Å². The van der Waals surface area contributed by atoms with Crippen LogP contribution in [0.3, 0.4) is 0 Å². The van der Waals surface area contributed by atoms with Crippen LogP contribution in [-0.2, 0) is 4.79 Å². The number of thiophene rings is 1. The average Bonchev–Trinajstić information content (AvgIpc) is 3.26. The first-order chi connectivity index (χ1) is 15.6. The first-order valence-corrected chi connectivity index (χ1v) is 10.9. The molecule has 1 aromatic heterocycles. The van der Waals surface area contributed by atoms with Crippen LogP contribution in [0.1, 0.15) is 28.8 Å². The Kier molecular flexibility index (Phi) is 8.18. The monoisotopic (exact) mass is 455 g/mol. The van der Waals surface area contributed by atoms with Crippen LogP contribution in [0.15, 0.2) is 52.9 Å². The number of carbonyl (C=O) groups excluding carboxylic acids is 2. The molecular weight excluding hydrogens is 430 g/mol. The zero-order valence-corrected chi connectivity index (χ0v) is 18.7. The minimum atomic E-state index is -0.458. The van der Waals surface area contributed by atoms with Crippen molar-refractivity contribution in [3.63, 3.8) is 0 Å². The first-order valence-electron chi connectivity index (χ1n) is 10.0. The minimum Gasteiger partial charge on any atom is -0.493 e. The van der Waals surface area contributed by atoms with Gasteiger partial charge in [0.25, 0.3) is 11.8 Å². The summed E-state index contributed by atoms with van der Waals surface area (Å²) < 4.78 is 11.5. The van der Waals surface area contributed by atoms with Crippen LogP contribution < -0.4 is 20.2 Å². The third kappa shape index (κ3) is 5.63. The van der Waals surface area contributed by atoms with Crippen LogP contribution in [0.25, 0.3) is 10.1 Å². The minimum absolute atomic E-state index is 0.0242. The molecular formula is C23H25N3O5S. The van der Waals surface area contributed by atoms with Gasteiger partial charge in [0.15, 0.2) is 11.5 Å². The Hall–Kier alpha value is -3.43. The number of ether oxygens (including phenoxy) is 2. The maximum atomic E-state index is 12.4. The summed E-state index contributed by atoms with van der Waals surface area (Å²) in [5, 5.41) is 19.1. The highest BCUT2D eigenvalue weighted by atomic mass is 32.1. The van der Waals surface area contributed by atoms with Crippen molar-refractivity contribution in [3.8, 4) is 11.5 Å². The summed E-state index contributed by atoms with van der Waals surface area (Å²) in [5.74, 6) is 0.0486. The van der Waals surface area contributed by atoms with Gasteiger partial charge >= 0.3 is 0 Å². The number of rotatable bonds is 10. The lowest BCUT2D eigenvalue weighted by Gasteiger charge is -2.10. The summed E-state index contributed by atoms with van der Waals surface area (Å²) in [6.45, 7) is -0.218. The first kappa shape index (κ1) is 23.2. The fourth-order valence-corrected chi connectivity index (χ4v) is 4.08. The Bertz CT molecular complexity index is 1130. The summed E-state index contributed by atoms with van der Waals surface area (Å²) in [4.78, 5) is 24.7. The van der Waals surface area contributed by atoms with Crippen molar-refractivity contribution in [1.29, 1.82) is 0 Å². The van der Waals surface area contributed by atoms with Crippen LogP contribution in [0, 0.1) is 0 Å². The van der Waals surface area contributed by atoms with Gasteiger partial charge in [-0.15, -0.1) is 11.3 Å². The zero-order chi connectivity index (χ0) is 22.9. The molecule has 3 rings (SSSR count). The number of aliphatic hydroxyl groups excluding tert-OH is 1. The number of nitrogens with zero attached hydrogens (tertiary/aromatic N) is 1. The summed E-state index contributed by atoms with van der Waals surface area (Å²) in [6, 6.07) is 12.7. The van der Waals surface area contributed by atoms with Gasteiger partial charge < -0.3 is 19.9 Å². The molecule has 2 amide bonds. The van der Waals surface area contributed by atoms with E-state index >= 15 is 0 Å². The van der Waals surface area contributed by atoms with Gasteiger partial charge in [0, 0.05) is 33.2 Å². The number of benzene rings is 2. The lowest BCUT2D eigenvalue weighted by atomic mass is 10.1. The normalized spacial score (nSPS) is 11.3. The fraction of sp³-hybridized carbons (Fsp3) is 0.261. The smallest absolute Gasteiger partial charge is 0.259 e. The molecule has 9 heteroatoms. The van der Waals surface area contributed by atoms with Crippen LogP contribution in [0.4, 0.5) is 0 Å². The lowest BCUT2D eigenvalue weighted by molar-refractivity contribution is -0.120. The highest BCUT2D eigenvalue weighted by molar-refractivity contribution is 7.17. The summed E-state index contributed by atoms with van der Waals surface area (Å²) in [7, 11) is 2.99. The van der Waals surface area contributed by atoms with Crippen LogP contribution in [0.5, 0.6) is 11.5 Å². The molecule has 3 N–H and O–H groups in total. The largest absolute Gasteiger partial charge is 0.493 e. The molecule has 3 aromatic rings. The number of hydrogen-bond donors (Lipinski definition) is 3. The lowest BCUT2D eigenvalue weighted by Crippen LogP contribution is -2.35. The molecule has 0 spiro atoms. The Labute approximate surface area is 189 Å². The molecule has 0 bridgehead atoms. The quantitative estimate of drug-likeness (QED) is 0.322. The second-order valence-electron chi connectivity index (χ2n) is 6.82. The molecule has 0 aliphatic carbocycles. The molecule has 8 nitrogen and oxygen atoms in total. The number of aliphatic hydroxyl groups is 1. The molecule has 0 radical (unpaired) electrons. The van der Waals surface area contributed by atoms with Crippen molar-refractivity contribution < 1.29 is 24.2 Å². The molecule has 0 saturated heterocycles. The molecule has 1 heterocycles. The van der Waals surface area contributed by atoms with Gasteiger partial charge in [0.05, 0.1) is 26.5 Å². The van der Waals surface area contributed by atoms with E-state index in [0.29, 0.717) is 35.6 Å². The maximum absolute atomic E-state index is 12.4. The molecule has 2 aromatic carbocycles. The number of nitrogens with one attached hydrogen (secondary N) is 2. The van der Waals surface area contributed by atoms with Crippen molar-refractivity contribution in [3.05, 3.63) is 59.0 Å². The number of amides is 2. The van der Waals surface area contributed by atoms with Crippen LogP contribution >= 0.6 is 11.3 Å². The van der Waals surface area contributed by atoms with Crippen molar-refractivity contribution in [1.82, 2.24) is 10.7 Å². The number of hydrazone groups is 1. The third-order valence-electron chi connectivity index (χ3n) is 4.73. The Balaban J connectivity index is 1.65. The molecule has 0 atom stereocenters. The fourth-order valence-electron chi connectivity index (χ4n) is 3.11. The number of carbonyl (C=O) groups is 2. The summed E-state index contributed by atoms with van der Waals surface area (Å²) >= 11 is 1.60. The predicted molar refractivity (Wildman–Crippen MR) is 125 cm³/mol. The topological polar surface area (TPSA) is 109 Å². The van der Waals surface area contributed by atoms with Crippen molar-refractivity contribution in [2.45, 2.75) is 12.8 Å².